The molecule has 0 aromatic heterocycles. The lowest BCUT2D eigenvalue weighted by Crippen LogP contribution is -2.12. The van der Waals surface area contributed by atoms with E-state index in [1.165, 1.54) is 7.11 Å². The van der Waals surface area contributed by atoms with Crippen LogP contribution in [0.3, 0.4) is 0 Å². The third-order valence-corrected chi connectivity index (χ3v) is 2.40. The van der Waals surface area contributed by atoms with Gasteiger partial charge >= 0.3 is 11.9 Å². The Hall–Kier alpha value is -2.24. The molecule has 1 aromatic carbocycles. The zero-order valence-electron chi connectivity index (χ0n) is 10.8. The average molecular weight is 268 g/mol. The highest BCUT2D eigenvalue weighted by Gasteiger charge is 2.09. The highest BCUT2D eigenvalue weighted by Crippen LogP contribution is 2.27. The molecular formula is C13H16O6. The normalized spacial score (nSPS) is 9.79. The van der Waals surface area contributed by atoms with Gasteiger partial charge in [-0.3, -0.25) is 9.59 Å². The summed E-state index contributed by atoms with van der Waals surface area (Å²) in [7, 11) is 3.08. The second-order valence-electron chi connectivity index (χ2n) is 3.73. The predicted molar refractivity (Wildman–Crippen MR) is 66.5 cm³/mol. The Balaban J connectivity index is 2.49. The maximum atomic E-state index is 11.0. The highest BCUT2D eigenvalue weighted by atomic mass is 16.5. The number of carbonyl (C=O) groups is 2. The molecule has 6 heteroatoms. The standard InChI is InChI=1S/C13H16O6/c1-17-10-4-3-9(7-11(10)18-2)5-6-19-13(16)8-12(14)15/h3-4,7H,5-6,8H2,1-2H3,(H,14,15). The van der Waals surface area contributed by atoms with E-state index in [9.17, 15) is 9.59 Å². The minimum atomic E-state index is -1.20. The maximum absolute atomic E-state index is 11.0. The molecule has 19 heavy (non-hydrogen) atoms. The lowest BCUT2D eigenvalue weighted by atomic mass is 10.1. The van der Waals surface area contributed by atoms with Crippen molar-refractivity contribution in [2.45, 2.75) is 12.8 Å². The zero-order chi connectivity index (χ0) is 14.3. The topological polar surface area (TPSA) is 82.1 Å². The van der Waals surface area contributed by atoms with Gasteiger partial charge in [-0.15, -0.1) is 0 Å². The quantitative estimate of drug-likeness (QED) is 0.592. The van der Waals surface area contributed by atoms with Crippen molar-refractivity contribution in [2.75, 3.05) is 20.8 Å². The van der Waals surface area contributed by atoms with Crippen LogP contribution in [0.1, 0.15) is 12.0 Å². The van der Waals surface area contributed by atoms with Gasteiger partial charge < -0.3 is 19.3 Å². The van der Waals surface area contributed by atoms with Crippen molar-refractivity contribution in [3.63, 3.8) is 0 Å². The van der Waals surface area contributed by atoms with Gasteiger partial charge in [0.25, 0.3) is 0 Å². The SMILES string of the molecule is COc1ccc(CCOC(=O)CC(=O)O)cc1OC. The Morgan fingerprint density at radius 1 is 1.16 bits per heavy atom. The van der Waals surface area contributed by atoms with Gasteiger partial charge in [-0.25, -0.2) is 0 Å². The second kappa shape index (κ2) is 7.25. The molecule has 6 nitrogen and oxygen atoms in total. The Bertz CT molecular complexity index is 454. The fraction of sp³-hybridized carbons (Fsp3) is 0.385. The Morgan fingerprint density at radius 3 is 2.42 bits per heavy atom. The minimum absolute atomic E-state index is 0.127. The summed E-state index contributed by atoms with van der Waals surface area (Å²) in [5.74, 6) is -0.727. The van der Waals surface area contributed by atoms with Gasteiger partial charge in [0, 0.05) is 6.42 Å². The molecule has 0 aliphatic rings. The summed E-state index contributed by atoms with van der Waals surface area (Å²) in [4.78, 5) is 21.3. The molecule has 0 atom stereocenters. The Morgan fingerprint density at radius 2 is 1.84 bits per heavy atom. The van der Waals surface area contributed by atoms with Crippen molar-refractivity contribution in [1.82, 2.24) is 0 Å². The van der Waals surface area contributed by atoms with Crippen molar-refractivity contribution < 1.29 is 28.9 Å². The molecule has 1 N–H and O–H groups in total. The van der Waals surface area contributed by atoms with Gasteiger partial charge in [-0.2, -0.15) is 0 Å². The average Bonchev–Trinajstić information content (AvgIpc) is 2.37. The van der Waals surface area contributed by atoms with E-state index in [-0.39, 0.29) is 6.61 Å². The summed E-state index contributed by atoms with van der Waals surface area (Å²) in [5.41, 5.74) is 0.903. The molecule has 0 radical (unpaired) electrons. The number of carbonyl (C=O) groups excluding carboxylic acids is 1. The molecule has 1 aromatic rings. The number of aliphatic carboxylic acids is 1. The molecule has 0 bridgehead atoms. The lowest BCUT2D eigenvalue weighted by Gasteiger charge is -2.09. The molecule has 0 saturated heterocycles. The molecule has 0 heterocycles. The largest absolute Gasteiger partial charge is 0.493 e. The van der Waals surface area contributed by atoms with Crippen molar-refractivity contribution in [3.8, 4) is 11.5 Å². The zero-order valence-corrected chi connectivity index (χ0v) is 10.8. The molecule has 0 saturated carbocycles. The summed E-state index contributed by atoms with van der Waals surface area (Å²) >= 11 is 0. The van der Waals surface area contributed by atoms with Crippen LogP contribution in [-0.2, 0) is 20.7 Å². The predicted octanol–water partition coefficient (Wildman–Crippen LogP) is 1.26. The number of benzene rings is 1. The van der Waals surface area contributed by atoms with Gasteiger partial charge in [0.2, 0.25) is 0 Å². The summed E-state index contributed by atoms with van der Waals surface area (Å²) in [5, 5.41) is 8.39. The van der Waals surface area contributed by atoms with Gasteiger partial charge in [-0.1, -0.05) is 6.07 Å². The van der Waals surface area contributed by atoms with Gasteiger partial charge in [-0.05, 0) is 17.7 Å². The first-order valence-corrected chi connectivity index (χ1v) is 5.65. The third kappa shape index (κ3) is 4.87. The van der Waals surface area contributed by atoms with Crippen molar-refractivity contribution in [2.24, 2.45) is 0 Å². The maximum Gasteiger partial charge on any atom is 0.317 e. The highest BCUT2D eigenvalue weighted by molar-refractivity contribution is 5.90. The van der Waals surface area contributed by atoms with Crippen LogP contribution in [0.25, 0.3) is 0 Å². The van der Waals surface area contributed by atoms with Crippen LogP contribution in [0.15, 0.2) is 18.2 Å². The van der Waals surface area contributed by atoms with Crippen LogP contribution in [0, 0.1) is 0 Å². The Kier molecular flexibility index (Phi) is 5.66. The smallest absolute Gasteiger partial charge is 0.317 e. The van der Waals surface area contributed by atoms with Gasteiger partial charge in [0.15, 0.2) is 11.5 Å². The molecule has 0 spiro atoms. The molecule has 0 aliphatic carbocycles. The van der Waals surface area contributed by atoms with Crippen molar-refractivity contribution in [1.29, 1.82) is 0 Å². The van der Waals surface area contributed by atoms with Crippen molar-refractivity contribution in [3.05, 3.63) is 23.8 Å². The number of carboxylic acids is 1. The van der Waals surface area contributed by atoms with Crippen LogP contribution < -0.4 is 9.47 Å². The fourth-order valence-corrected chi connectivity index (χ4v) is 1.49. The van der Waals surface area contributed by atoms with E-state index in [1.807, 2.05) is 6.07 Å². The first-order chi connectivity index (χ1) is 9.06. The van der Waals surface area contributed by atoms with Crippen molar-refractivity contribution >= 4 is 11.9 Å². The monoisotopic (exact) mass is 268 g/mol. The van der Waals surface area contributed by atoms with E-state index < -0.39 is 18.4 Å². The molecule has 0 aliphatic heterocycles. The number of hydrogen-bond acceptors (Lipinski definition) is 5. The molecule has 104 valence electrons. The van der Waals surface area contributed by atoms with Crippen LogP contribution in [0.4, 0.5) is 0 Å². The fourth-order valence-electron chi connectivity index (χ4n) is 1.49. The van der Waals surface area contributed by atoms with E-state index >= 15 is 0 Å². The summed E-state index contributed by atoms with van der Waals surface area (Å²) in [6, 6.07) is 5.36. The van der Waals surface area contributed by atoms with E-state index in [2.05, 4.69) is 0 Å². The minimum Gasteiger partial charge on any atom is -0.493 e. The van der Waals surface area contributed by atoms with E-state index in [0.29, 0.717) is 17.9 Å². The van der Waals surface area contributed by atoms with E-state index in [0.717, 1.165) is 5.56 Å². The van der Waals surface area contributed by atoms with E-state index in [4.69, 9.17) is 19.3 Å². The molecule has 1 rings (SSSR count). The molecule has 0 unspecified atom stereocenters. The van der Waals surface area contributed by atoms with Gasteiger partial charge in [0.05, 0.1) is 20.8 Å². The van der Waals surface area contributed by atoms with E-state index in [1.54, 1.807) is 19.2 Å². The number of esters is 1. The van der Waals surface area contributed by atoms with Crippen LogP contribution in [-0.4, -0.2) is 37.9 Å². The first kappa shape index (κ1) is 14.8. The summed E-state index contributed by atoms with van der Waals surface area (Å²) < 4.78 is 15.0. The Labute approximate surface area is 110 Å². The molecular weight excluding hydrogens is 252 g/mol. The second-order valence-corrected chi connectivity index (χ2v) is 3.73. The summed E-state index contributed by atoms with van der Waals surface area (Å²) in [6.07, 6.45) is -0.141. The van der Waals surface area contributed by atoms with Crippen LogP contribution in [0.5, 0.6) is 11.5 Å². The number of rotatable bonds is 7. The number of carboxylic acid groups (broad SMARTS) is 1. The number of methoxy groups -OCH3 is 2. The van der Waals surface area contributed by atoms with Gasteiger partial charge in [0.1, 0.15) is 6.42 Å². The first-order valence-electron chi connectivity index (χ1n) is 5.65. The number of ether oxygens (including phenoxy) is 3. The number of hydrogen-bond donors (Lipinski definition) is 1. The van der Waals surface area contributed by atoms with Crippen LogP contribution in [0.2, 0.25) is 0 Å². The summed E-state index contributed by atoms with van der Waals surface area (Å²) in [6.45, 7) is 0.127. The van der Waals surface area contributed by atoms with Crippen LogP contribution >= 0.6 is 0 Å². The molecule has 0 fully saturated rings. The molecule has 0 amide bonds. The lowest BCUT2D eigenvalue weighted by molar-refractivity contribution is -0.151. The third-order valence-electron chi connectivity index (χ3n) is 2.40.